The Morgan fingerprint density at radius 2 is 1.41 bits per heavy atom. The Kier molecular flexibility index (Phi) is 7.28. The van der Waals surface area contributed by atoms with Crippen LogP contribution in [0.15, 0.2) is 66.7 Å². The van der Waals surface area contributed by atoms with E-state index in [9.17, 15) is 4.39 Å². The van der Waals surface area contributed by atoms with Crippen molar-refractivity contribution in [2.24, 2.45) is 5.92 Å². The van der Waals surface area contributed by atoms with Gasteiger partial charge >= 0.3 is 0 Å². The highest BCUT2D eigenvalue weighted by molar-refractivity contribution is 6.30. The third kappa shape index (κ3) is 6.30. The molecule has 3 aromatic rings. The predicted octanol–water partition coefficient (Wildman–Crippen LogP) is 8.19. The van der Waals surface area contributed by atoms with Gasteiger partial charge in [-0.2, -0.15) is 0 Å². The molecule has 0 aliphatic carbocycles. The minimum atomic E-state index is -0.307. The molecule has 1 atom stereocenters. The van der Waals surface area contributed by atoms with Crippen LogP contribution in [0.4, 0.5) is 4.39 Å². The van der Waals surface area contributed by atoms with Crippen molar-refractivity contribution in [2.45, 2.75) is 39.5 Å². The first kappa shape index (κ1) is 21.3. The molecule has 29 heavy (non-hydrogen) atoms. The minimum absolute atomic E-state index is 0.307. The average molecular weight is 407 g/mol. The zero-order chi connectivity index (χ0) is 20.8. The standard InChI is InChI=1S/C27H28ClF/c1-19(2)16-22-9-11-24(12-10-22)20(3)17-23-6-4-21(5-7-23)8-13-25-14-15-26(28)18-27(25)29/h4-15,18-20H,16-17H2,1-3H3/t20-/m0/s1. The molecule has 0 saturated heterocycles. The van der Waals surface area contributed by atoms with Crippen LogP contribution in [0.25, 0.3) is 12.2 Å². The van der Waals surface area contributed by atoms with Crippen molar-refractivity contribution in [2.75, 3.05) is 0 Å². The lowest BCUT2D eigenvalue weighted by Gasteiger charge is -2.13. The fourth-order valence-electron chi connectivity index (χ4n) is 3.51. The lowest BCUT2D eigenvalue weighted by Crippen LogP contribution is -2.00. The average Bonchev–Trinajstić information content (AvgIpc) is 2.68. The summed E-state index contributed by atoms with van der Waals surface area (Å²) in [6.07, 6.45) is 5.83. The van der Waals surface area contributed by atoms with Gasteiger partial charge in [0, 0.05) is 10.6 Å². The van der Waals surface area contributed by atoms with Gasteiger partial charge < -0.3 is 0 Å². The zero-order valence-corrected chi connectivity index (χ0v) is 18.1. The van der Waals surface area contributed by atoms with Crippen LogP contribution in [-0.4, -0.2) is 0 Å². The van der Waals surface area contributed by atoms with Gasteiger partial charge in [-0.25, -0.2) is 4.39 Å². The molecule has 0 amide bonds. The van der Waals surface area contributed by atoms with Gasteiger partial charge in [0.25, 0.3) is 0 Å². The van der Waals surface area contributed by atoms with Gasteiger partial charge in [-0.3, -0.25) is 0 Å². The van der Waals surface area contributed by atoms with E-state index < -0.39 is 0 Å². The topological polar surface area (TPSA) is 0 Å². The first-order chi connectivity index (χ1) is 13.9. The van der Waals surface area contributed by atoms with E-state index in [-0.39, 0.29) is 5.82 Å². The van der Waals surface area contributed by atoms with Crippen molar-refractivity contribution >= 4 is 23.8 Å². The van der Waals surface area contributed by atoms with Crippen LogP contribution in [0.1, 0.15) is 54.5 Å². The van der Waals surface area contributed by atoms with Crippen molar-refractivity contribution < 1.29 is 4.39 Å². The van der Waals surface area contributed by atoms with Gasteiger partial charge in [-0.05, 0) is 59.1 Å². The highest BCUT2D eigenvalue weighted by Gasteiger charge is 2.07. The van der Waals surface area contributed by atoms with Crippen molar-refractivity contribution in [3.8, 4) is 0 Å². The largest absolute Gasteiger partial charge is 0.206 e. The maximum Gasteiger partial charge on any atom is 0.131 e. The molecule has 0 aliphatic heterocycles. The molecule has 3 rings (SSSR count). The second-order valence-electron chi connectivity index (χ2n) is 8.19. The van der Waals surface area contributed by atoms with Gasteiger partial charge in [0.1, 0.15) is 5.82 Å². The summed E-state index contributed by atoms with van der Waals surface area (Å²) in [5, 5.41) is 0.410. The summed E-state index contributed by atoms with van der Waals surface area (Å²) >= 11 is 5.80. The van der Waals surface area contributed by atoms with E-state index in [1.54, 1.807) is 18.2 Å². The van der Waals surface area contributed by atoms with E-state index in [0.717, 1.165) is 18.4 Å². The van der Waals surface area contributed by atoms with Crippen molar-refractivity contribution in [1.29, 1.82) is 0 Å². The molecule has 0 saturated carbocycles. The van der Waals surface area contributed by atoms with Crippen LogP contribution in [0.5, 0.6) is 0 Å². The van der Waals surface area contributed by atoms with Gasteiger partial charge in [-0.15, -0.1) is 0 Å². The molecule has 0 N–H and O–H groups in total. The monoisotopic (exact) mass is 406 g/mol. The Morgan fingerprint density at radius 3 is 2.03 bits per heavy atom. The summed E-state index contributed by atoms with van der Waals surface area (Å²) < 4.78 is 13.9. The van der Waals surface area contributed by atoms with Crippen molar-refractivity contribution in [3.63, 3.8) is 0 Å². The zero-order valence-electron chi connectivity index (χ0n) is 17.3. The third-order valence-corrected chi connectivity index (χ3v) is 5.37. The maximum atomic E-state index is 13.9. The molecule has 0 bridgehead atoms. The van der Waals surface area contributed by atoms with E-state index >= 15 is 0 Å². The second kappa shape index (κ2) is 9.89. The molecular weight excluding hydrogens is 379 g/mol. The highest BCUT2D eigenvalue weighted by Crippen LogP contribution is 2.23. The quantitative estimate of drug-likeness (QED) is 0.347. The number of halogens is 2. The second-order valence-corrected chi connectivity index (χ2v) is 8.62. The smallest absolute Gasteiger partial charge is 0.131 e. The van der Waals surface area contributed by atoms with Crippen LogP contribution >= 0.6 is 11.6 Å². The van der Waals surface area contributed by atoms with E-state index in [1.165, 1.54) is 22.8 Å². The lowest BCUT2D eigenvalue weighted by molar-refractivity contribution is 0.625. The van der Waals surface area contributed by atoms with Gasteiger partial charge in [0.05, 0.1) is 0 Å². The molecule has 0 nitrogen and oxygen atoms in total. The Bertz CT molecular complexity index is 953. The Morgan fingerprint density at radius 1 is 0.793 bits per heavy atom. The Balaban J connectivity index is 1.61. The van der Waals surface area contributed by atoms with E-state index in [2.05, 4.69) is 69.3 Å². The number of hydrogen-bond acceptors (Lipinski definition) is 0. The van der Waals surface area contributed by atoms with Crippen LogP contribution in [0, 0.1) is 11.7 Å². The van der Waals surface area contributed by atoms with Crippen molar-refractivity contribution in [1.82, 2.24) is 0 Å². The van der Waals surface area contributed by atoms with Crippen molar-refractivity contribution in [3.05, 3.63) is 105 Å². The summed E-state index contributed by atoms with van der Waals surface area (Å²) in [6, 6.07) is 22.2. The van der Waals surface area contributed by atoms with E-state index in [4.69, 9.17) is 11.6 Å². The van der Waals surface area contributed by atoms with E-state index in [1.807, 2.05) is 6.08 Å². The first-order valence-corrected chi connectivity index (χ1v) is 10.6. The molecular formula is C27H28ClF. The van der Waals surface area contributed by atoms with Crippen LogP contribution < -0.4 is 0 Å². The molecule has 0 aromatic heterocycles. The molecule has 2 heteroatoms. The Labute approximate surface area is 179 Å². The first-order valence-electron chi connectivity index (χ1n) is 10.2. The number of hydrogen-bond donors (Lipinski definition) is 0. The molecule has 0 spiro atoms. The Hall–Kier alpha value is -2.38. The molecule has 0 unspecified atom stereocenters. The summed E-state index contributed by atoms with van der Waals surface area (Å²) in [7, 11) is 0. The highest BCUT2D eigenvalue weighted by atomic mass is 35.5. The normalized spacial score (nSPS) is 12.6. The van der Waals surface area contributed by atoms with Crippen LogP contribution in [-0.2, 0) is 12.8 Å². The molecule has 0 heterocycles. The molecule has 0 fully saturated rings. The molecule has 0 aliphatic rings. The van der Waals surface area contributed by atoms with Gasteiger partial charge in [0.15, 0.2) is 0 Å². The van der Waals surface area contributed by atoms with Crippen LogP contribution in [0.3, 0.4) is 0 Å². The summed E-state index contributed by atoms with van der Waals surface area (Å²) in [4.78, 5) is 0. The minimum Gasteiger partial charge on any atom is -0.206 e. The van der Waals surface area contributed by atoms with Gasteiger partial charge in [0.2, 0.25) is 0 Å². The molecule has 3 aromatic carbocycles. The molecule has 0 radical (unpaired) electrons. The SMILES string of the molecule is CC(C)Cc1ccc([C@@H](C)Cc2ccc(C=Cc3ccc(Cl)cc3F)cc2)cc1. The molecule has 150 valence electrons. The number of benzene rings is 3. The third-order valence-electron chi connectivity index (χ3n) is 5.13. The van der Waals surface area contributed by atoms with E-state index in [0.29, 0.717) is 22.4 Å². The maximum absolute atomic E-state index is 13.9. The lowest BCUT2D eigenvalue weighted by atomic mass is 9.92. The summed E-state index contributed by atoms with van der Waals surface area (Å²) in [6.45, 7) is 6.78. The fraction of sp³-hybridized carbons (Fsp3) is 0.259. The summed E-state index contributed by atoms with van der Waals surface area (Å²) in [5.74, 6) is 0.841. The van der Waals surface area contributed by atoms with Crippen LogP contribution in [0.2, 0.25) is 5.02 Å². The van der Waals surface area contributed by atoms with Gasteiger partial charge in [-0.1, -0.05) is 99.1 Å². The number of rotatable bonds is 7. The summed E-state index contributed by atoms with van der Waals surface area (Å²) in [5.41, 5.74) is 5.67. The fourth-order valence-corrected chi connectivity index (χ4v) is 3.67. The predicted molar refractivity (Wildman–Crippen MR) is 124 cm³/mol.